The number of rotatable bonds is 1. The highest BCUT2D eigenvalue weighted by Gasteiger charge is 2.21. The molecule has 0 spiro atoms. The first kappa shape index (κ1) is 11.9. The third-order valence-corrected chi connectivity index (χ3v) is 4.92. The first-order valence-electron chi connectivity index (χ1n) is 5.73. The zero-order valence-electron chi connectivity index (χ0n) is 9.97. The van der Waals surface area contributed by atoms with Crippen molar-refractivity contribution >= 4 is 29.3 Å². The Hall–Kier alpha value is -1.19. The van der Waals surface area contributed by atoms with E-state index in [0.29, 0.717) is 0 Å². The molecule has 0 radical (unpaired) electrons. The van der Waals surface area contributed by atoms with Gasteiger partial charge in [-0.2, -0.15) is 0 Å². The van der Waals surface area contributed by atoms with Crippen molar-refractivity contribution in [1.29, 1.82) is 0 Å². The van der Waals surface area contributed by atoms with Crippen LogP contribution in [0.1, 0.15) is 21.5 Å². The van der Waals surface area contributed by atoms with Crippen molar-refractivity contribution in [2.75, 3.05) is 6.26 Å². The maximum Gasteiger partial charge on any atom is 0.194 e. The SMILES string of the molecule is CSc1ccc2c(c1)C(=O)c1ccccc1SC2. The molecule has 2 aromatic rings. The molecule has 1 aliphatic heterocycles. The summed E-state index contributed by atoms with van der Waals surface area (Å²) in [4.78, 5) is 14.8. The molecule has 90 valence electrons. The summed E-state index contributed by atoms with van der Waals surface area (Å²) >= 11 is 3.41. The Morgan fingerprint density at radius 2 is 1.94 bits per heavy atom. The van der Waals surface area contributed by atoms with Gasteiger partial charge >= 0.3 is 0 Å². The van der Waals surface area contributed by atoms with Crippen molar-refractivity contribution < 1.29 is 4.79 Å². The zero-order chi connectivity index (χ0) is 12.5. The lowest BCUT2D eigenvalue weighted by molar-refractivity contribution is 0.103. The zero-order valence-corrected chi connectivity index (χ0v) is 11.6. The van der Waals surface area contributed by atoms with E-state index in [1.807, 2.05) is 36.6 Å². The van der Waals surface area contributed by atoms with Crippen LogP contribution in [-0.2, 0) is 5.75 Å². The Morgan fingerprint density at radius 1 is 1.11 bits per heavy atom. The van der Waals surface area contributed by atoms with Crippen LogP contribution in [0, 0.1) is 0 Å². The van der Waals surface area contributed by atoms with E-state index in [1.54, 1.807) is 23.5 Å². The predicted molar refractivity (Wildman–Crippen MR) is 77.7 cm³/mol. The molecule has 0 aromatic heterocycles. The monoisotopic (exact) mass is 272 g/mol. The number of hydrogen-bond acceptors (Lipinski definition) is 3. The molecule has 0 aliphatic carbocycles. The Kier molecular flexibility index (Phi) is 3.18. The topological polar surface area (TPSA) is 17.1 Å². The fraction of sp³-hybridized carbons (Fsp3) is 0.133. The number of carbonyl (C=O) groups excluding carboxylic acids is 1. The molecular weight excluding hydrogens is 260 g/mol. The van der Waals surface area contributed by atoms with Crippen LogP contribution >= 0.6 is 23.5 Å². The molecule has 1 nitrogen and oxygen atoms in total. The second-order valence-electron chi connectivity index (χ2n) is 4.14. The van der Waals surface area contributed by atoms with Crippen molar-refractivity contribution in [3.05, 3.63) is 59.2 Å². The minimum atomic E-state index is 0.154. The molecule has 0 atom stereocenters. The van der Waals surface area contributed by atoms with Crippen LogP contribution < -0.4 is 0 Å². The van der Waals surface area contributed by atoms with Gasteiger partial charge in [-0.05, 0) is 36.1 Å². The summed E-state index contributed by atoms with van der Waals surface area (Å²) in [5.41, 5.74) is 2.83. The van der Waals surface area contributed by atoms with Gasteiger partial charge in [0.1, 0.15) is 0 Å². The molecule has 0 unspecified atom stereocenters. The number of thioether (sulfide) groups is 2. The van der Waals surface area contributed by atoms with Crippen LogP contribution in [0.25, 0.3) is 0 Å². The van der Waals surface area contributed by atoms with Gasteiger partial charge < -0.3 is 0 Å². The van der Waals surface area contributed by atoms with Gasteiger partial charge in [-0.25, -0.2) is 0 Å². The minimum Gasteiger partial charge on any atom is -0.289 e. The average Bonchev–Trinajstić information content (AvgIpc) is 2.57. The minimum absolute atomic E-state index is 0.154. The number of carbonyl (C=O) groups is 1. The van der Waals surface area contributed by atoms with E-state index < -0.39 is 0 Å². The van der Waals surface area contributed by atoms with Crippen molar-refractivity contribution in [2.24, 2.45) is 0 Å². The largest absolute Gasteiger partial charge is 0.289 e. The molecule has 3 heteroatoms. The first-order valence-corrected chi connectivity index (χ1v) is 7.94. The van der Waals surface area contributed by atoms with Crippen molar-refractivity contribution in [1.82, 2.24) is 0 Å². The molecule has 0 saturated carbocycles. The van der Waals surface area contributed by atoms with Gasteiger partial charge in [0.15, 0.2) is 5.78 Å². The second-order valence-corrected chi connectivity index (χ2v) is 6.03. The Balaban J connectivity index is 2.17. The molecule has 2 aromatic carbocycles. The predicted octanol–water partition coefficient (Wildman–Crippen LogP) is 4.25. The Morgan fingerprint density at radius 3 is 2.78 bits per heavy atom. The van der Waals surface area contributed by atoms with Gasteiger partial charge in [0, 0.05) is 26.7 Å². The van der Waals surface area contributed by atoms with Crippen LogP contribution in [0.4, 0.5) is 0 Å². The van der Waals surface area contributed by atoms with Gasteiger partial charge in [0.2, 0.25) is 0 Å². The van der Waals surface area contributed by atoms with E-state index in [2.05, 4.69) is 12.1 Å². The molecule has 0 fully saturated rings. The highest BCUT2D eigenvalue weighted by Crippen LogP contribution is 2.34. The van der Waals surface area contributed by atoms with E-state index in [-0.39, 0.29) is 5.78 Å². The van der Waals surface area contributed by atoms with Crippen molar-refractivity contribution in [2.45, 2.75) is 15.5 Å². The molecule has 18 heavy (non-hydrogen) atoms. The summed E-state index contributed by atoms with van der Waals surface area (Å²) in [6.07, 6.45) is 2.03. The third kappa shape index (κ3) is 1.98. The van der Waals surface area contributed by atoms with Gasteiger partial charge in [-0.15, -0.1) is 23.5 Å². The molecule has 0 saturated heterocycles. The molecule has 3 rings (SSSR count). The fourth-order valence-corrected chi connectivity index (χ4v) is 3.59. The number of ketones is 1. The molecular formula is C15H12OS2. The summed E-state index contributed by atoms with van der Waals surface area (Å²) < 4.78 is 0. The summed E-state index contributed by atoms with van der Waals surface area (Å²) in [5.74, 6) is 1.02. The van der Waals surface area contributed by atoms with Crippen LogP contribution in [-0.4, -0.2) is 12.0 Å². The lowest BCUT2D eigenvalue weighted by atomic mass is 9.99. The lowest BCUT2D eigenvalue weighted by Crippen LogP contribution is -2.03. The van der Waals surface area contributed by atoms with Crippen LogP contribution in [0.3, 0.4) is 0 Å². The third-order valence-electron chi connectivity index (χ3n) is 3.08. The van der Waals surface area contributed by atoms with Crippen molar-refractivity contribution in [3.8, 4) is 0 Å². The van der Waals surface area contributed by atoms with Gasteiger partial charge in [-0.3, -0.25) is 4.79 Å². The fourth-order valence-electron chi connectivity index (χ4n) is 2.10. The molecule has 0 amide bonds. The smallest absolute Gasteiger partial charge is 0.194 e. The maximum absolute atomic E-state index is 12.6. The van der Waals surface area contributed by atoms with Gasteiger partial charge in [0.05, 0.1) is 0 Å². The summed E-state index contributed by atoms with van der Waals surface area (Å²) in [6, 6.07) is 14.1. The highest BCUT2D eigenvalue weighted by atomic mass is 32.2. The average molecular weight is 272 g/mol. The summed E-state index contributed by atoms with van der Waals surface area (Å²) in [7, 11) is 0. The molecule has 1 aliphatic rings. The van der Waals surface area contributed by atoms with E-state index in [0.717, 1.165) is 32.2 Å². The van der Waals surface area contributed by atoms with Gasteiger partial charge in [-0.1, -0.05) is 18.2 Å². The highest BCUT2D eigenvalue weighted by molar-refractivity contribution is 7.99. The lowest BCUT2D eigenvalue weighted by Gasteiger charge is -2.06. The van der Waals surface area contributed by atoms with Crippen LogP contribution in [0.5, 0.6) is 0 Å². The number of benzene rings is 2. The molecule has 1 heterocycles. The van der Waals surface area contributed by atoms with Gasteiger partial charge in [0.25, 0.3) is 0 Å². The normalized spacial score (nSPS) is 13.7. The first-order chi connectivity index (χ1) is 8.79. The van der Waals surface area contributed by atoms with Crippen LogP contribution in [0.15, 0.2) is 52.3 Å². The second kappa shape index (κ2) is 4.82. The Labute approximate surface area is 115 Å². The summed E-state index contributed by atoms with van der Waals surface area (Å²) in [6.45, 7) is 0. The number of hydrogen-bond donors (Lipinski definition) is 0. The van der Waals surface area contributed by atoms with E-state index in [1.165, 1.54) is 0 Å². The van der Waals surface area contributed by atoms with Crippen molar-refractivity contribution in [3.63, 3.8) is 0 Å². The number of fused-ring (bicyclic) bond motifs is 2. The molecule has 0 N–H and O–H groups in total. The van der Waals surface area contributed by atoms with Crippen LogP contribution in [0.2, 0.25) is 0 Å². The van der Waals surface area contributed by atoms with E-state index in [4.69, 9.17) is 0 Å². The quantitative estimate of drug-likeness (QED) is 0.723. The maximum atomic E-state index is 12.6. The standard InChI is InChI=1S/C15H12OS2/c1-17-11-7-6-10-9-18-14-5-3-2-4-12(14)15(16)13(10)8-11/h2-8H,9H2,1H3. The molecule has 0 bridgehead atoms. The summed E-state index contributed by atoms with van der Waals surface area (Å²) in [5, 5.41) is 0. The van der Waals surface area contributed by atoms with E-state index >= 15 is 0 Å². The van der Waals surface area contributed by atoms with E-state index in [9.17, 15) is 4.79 Å². The Bertz CT molecular complexity index is 620.